The van der Waals surface area contributed by atoms with Crippen LogP contribution >= 0.6 is 11.6 Å². The predicted octanol–water partition coefficient (Wildman–Crippen LogP) is 2.66. The summed E-state index contributed by atoms with van der Waals surface area (Å²) < 4.78 is 41.2. The van der Waals surface area contributed by atoms with Crippen molar-refractivity contribution in [3.05, 3.63) is 28.8 Å². The average molecular weight is 284 g/mol. The van der Waals surface area contributed by atoms with Crippen molar-refractivity contribution in [1.29, 1.82) is 0 Å². The molecule has 0 aliphatic heterocycles. The van der Waals surface area contributed by atoms with Gasteiger partial charge in [0.2, 0.25) is 0 Å². The first-order valence-electron chi connectivity index (χ1n) is 5.14. The molecule has 3 nitrogen and oxygen atoms in total. The number of nitrogens with two attached hydrogens (primary N) is 1. The van der Waals surface area contributed by atoms with E-state index in [4.69, 9.17) is 27.2 Å². The molecule has 102 valence electrons. The normalized spacial score (nSPS) is 15.3. The number of ether oxygens (including phenoxy) is 1. The van der Waals surface area contributed by atoms with Crippen molar-refractivity contribution in [2.75, 3.05) is 6.61 Å². The van der Waals surface area contributed by atoms with Gasteiger partial charge in [-0.2, -0.15) is 13.2 Å². The molecule has 0 fully saturated rings. The number of rotatable bonds is 4. The fourth-order valence-corrected chi connectivity index (χ4v) is 1.45. The van der Waals surface area contributed by atoms with Gasteiger partial charge in [-0.3, -0.25) is 0 Å². The second-order valence-electron chi connectivity index (χ2n) is 3.84. The first-order valence-corrected chi connectivity index (χ1v) is 5.52. The van der Waals surface area contributed by atoms with E-state index in [2.05, 4.69) is 0 Å². The fourth-order valence-electron chi connectivity index (χ4n) is 1.27. The molecule has 1 aromatic rings. The number of hydrogen-bond acceptors (Lipinski definition) is 3. The zero-order valence-corrected chi connectivity index (χ0v) is 10.3. The molecule has 0 spiro atoms. The third kappa shape index (κ3) is 4.04. The Balaban J connectivity index is 2.79. The molecule has 0 aromatic heterocycles. The van der Waals surface area contributed by atoms with Crippen molar-refractivity contribution in [1.82, 2.24) is 0 Å². The van der Waals surface area contributed by atoms with Crippen molar-refractivity contribution < 1.29 is 23.0 Å². The lowest BCUT2D eigenvalue weighted by Gasteiger charge is -2.18. The first-order chi connectivity index (χ1) is 8.21. The van der Waals surface area contributed by atoms with E-state index >= 15 is 0 Å². The molecule has 1 unspecified atom stereocenters. The molecule has 0 saturated carbocycles. The number of benzene rings is 1. The molecular weight excluding hydrogens is 271 g/mol. The van der Waals surface area contributed by atoms with Gasteiger partial charge >= 0.3 is 6.18 Å². The minimum Gasteiger partial charge on any atom is -0.490 e. The maximum atomic E-state index is 12.1. The van der Waals surface area contributed by atoms with Gasteiger partial charge in [0.25, 0.3) is 0 Å². The smallest absolute Gasteiger partial charge is 0.417 e. The molecule has 0 saturated heterocycles. The molecule has 0 radical (unpaired) electrons. The Kier molecular flexibility index (Phi) is 4.84. The van der Waals surface area contributed by atoms with Gasteiger partial charge in [0.05, 0.1) is 0 Å². The van der Waals surface area contributed by atoms with Crippen LogP contribution in [0.2, 0.25) is 5.02 Å². The summed E-state index contributed by atoms with van der Waals surface area (Å²) in [6, 6.07) is 3.97. The Morgan fingerprint density at radius 2 is 2.06 bits per heavy atom. The molecule has 0 bridgehead atoms. The van der Waals surface area contributed by atoms with E-state index in [0.29, 0.717) is 10.6 Å². The van der Waals surface area contributed by atoms with Crippen molar-refractivity contribution in [3.63, 3.8) is 0 Å². The van der Waals surface area contributed by atoms with Gasteiger partial charge in [0, 0.05) is 16.6 Å². The summed E-state index contributed by atoms with van der Waals surface area (Å²) in [4.78, 5) is 0. The van der Waals surface area contributed by atoms with Gasteiger partial charge < -0.3 is 15.6 Å². The topological polar surface area (TPSA) is 55.5 Å². The average Bonchev–Trinajstić information content (AvgIpc) is 2.25. The van der Waals surface area contributed by atoms with Crippen molar-refractivity contribution in [3.8, 4) is 5.75 Å². The Hall–Kier alpha value is -0.980. The lowest BCUT2D eigenvalue weighted by molar-refractivity contribution is -0.210. The van der Waals surface area contributed by atoms with Gasteiger partial charge in [0.15, 0.2) is 6.10 Å². The van der Waals surface area contributed by atoms with Gasteiger partial charge in [0.1, 0.15) is 12.4 Å². The molecule has 0 aliphatic rings. The third-order valence-corrected chi connectivity index (χ3v) is 2.47. The largest absolute Gasteiger partial charge is 0.490 e. The lowest BCUT2D eigenvalue weighted by atomic mass is 10.1. The van der Waals surface area contributed by atoms with E-state index in [0.717, 1.165) is 0 Å². The SMILES string of the molecule is C[C@@H](N)c1cc(Cl)ccc1OCC(O)C(F)(F)F. The summed E-state index contributed by atoms with van der Waals surface area (Å²) >= 11 is 5.76. The number of alkyl halides is 3. The summed E-state index contributed by atoms with van der Waals surface area (Å²) in [5, 5.41) is 9.23. The van der Waals surface area contributed by atoms with Crippen LogP contribution < -0.4 is 10.5 Å². The monoisotopic (exact) mass is 283 g/mol. The van der Waals surface area contributed by atoms with Gasteiger partial charge in [-0.05, 0) is 25.1 Å². The number of aliphatic hydroxyl groups excluding tert-OH is 1. The maximum absolute atomic E-state index is 12.1. The Morgan fingerprint density at radius 3 is 2.56 bits per heavy atom. The van der Waals surface area contributed by atoms with E-state index in [-0.39, 0.29) is 5.75 Å². The lowest BCUT2D eigenvalue weighted by Crippen LogP contribution is -2.34. The second-order valence-corrected chi connectivity index (χ2v) is 4.28. The van der Waals surface area contributed by atoms with Gasteiger partial charge in [-0.25, -0.2) is 0 Å². The van der Waals surface area contributed by atoms with E-state index in [1.807, 2.05) is 0 Å². The zero-order valence-electron chi connectivity index (χ0n) is 9.54. The highest BCUT2D eigenvalue weighted by Crippen LogP contribution is 2.28. The zero-order chi connectivity index (χ0) is 13.9. The Morgan fingerprint density at radius 1 is 1.44 bits per heavy atom. The van der Waals surface area contributed by atoms with Crippen LogP contribution in [-0.2, 0) is 0 Å². The molecule has 1 aromatic carbocycles. The van der Waals surface area contributed by atoms with Crippen LogP contribution in [0, 0.1) is 0 Å². The number of halogens is 4. The first kappa shape index (κ1) is 15.1. The highest BCUT2D eigenvalue weighted by Gasteiger charge is 2.38. The molecule has 0 aliphatic carbocycles. The van der Waals surface area contributed by atoms with Crippen LogP contribution in [-0.4, -0.2) is 24.0 Å². The summed E-state index contributed by atoms with van der Waals surface area (Å²) in [5.74, 6) is 0.178. The van der Waals surface area contributed by atoms with E-state index in [1.165, 1.54) is 18.2 Å². The molecule has 18 heavy (non-hydrogen) atoms. The number of aliphatic hydroxyl groups is 1. The summed E-state index contributed by atoms with van der Waals surface area (Å²) in [7, 11) is 0. The van der Waals surface area contributed by atoms with Crippen LogP contribution in [0.15, 0.2) is 18.2 Å². The second kappa shape index (κ2) is 5.77. The molecular formula is C11H13ClF3NO2. The minimum atomic E-state index is -4.71. The van der Waals surface area contributed by atoms with Crippen LogP contribution in [0.25, 0.3) is 0 Å². The Labute approximate surface area is 107 Å². The molecule has 0 amide bonds. The fraction of sp³-hybridized carbons (Fsp3) is 0.455. The molecule has 1 rings (SSSR count). The van der Waals surface area contributed by atoms with Crippen LogP contribution in [0.4, 0.5) is 13.2 Å². The van der Waals surface area contributed by atoms with Crippen LogP contribution in [0.3, 0.4) is 0 Å². The highest BCUT2D eigenvalue weighted by atomic mass is 35.5. The van der Waals surface area contributed by atoms with Gasteiger partial charge in [-0.1, -0.05) is 11.6 Å². The van der Waals surface area contributed by atoms with Crippen LogP contribution in [0.5, 0.6) is 5.75 Å². The van der Waals surface area contributed by atoms with Gasteiger partial charge in [-0.15, -0.1) is 0 Å². The number of hydrogen-bond donors (Lipinski definition) is 2. The van der Waals surface area contributed by atoms with E-state index in [9.17, 15) is 13.2 Å². The van der Waals surface area contributed by atoms with E-state index < -0.39 is 24.9 Å². The van der Waals surface area contributed by atoms with E-state index in [1.54, 1.807) is 6.92 Å². The summed E-state index contributed by atoms with van der Waals surface area (Å²) in [6.07, 6.45) is -7.24. The standard InChI is InChI=1S/C11H13ClF3NO2/c1-6(16)8-4-7(12)2-3-9(8)18-5-10(17)11(13,14)15/h2-4,6,10,17H,5,16H2,1H3/t6-,10?/m1/s1. The third-order valence-electron chi connectivity index (χ3n) is 2.24. The summed E-state index contributed by atoms with van der Waals surface area (Å²) in [5.41, 5.74) is 6.14. The summed E-state index contributed by atoms with van der Waals surface area (Å²) in [6.45, 7) is 0.767. The van der Waals surface area contributed by atoms with Crippen molar-refractivity contribution in [2.24, 2.45) is 5.73 Å². The van der Waals surface area contributed by atoms with Crippen molar-refractivity contribution in [2.45, 2.75) is 25.2 Å². The quantitative estimate of drug-likeness (QED) is 0.893. The predicted molar refractivity (Wildman–Crippen MR) is 61.6 cm³/mol. The van der Waals surface area contributed by atoms with Crippen LogP contribution in [0.1, 0.15) is 18.5 Å². The molecule has 2 atom stereocenters. The maximum Gasteiger partial charge on any atom is 0.417 e. The molecule has 0 heterocycles. The molecule has 7 heteroatoms. The Bertz CT molecular complexity index is 410. The minimum absolute atomic E-state index is 0.178. The highest BCUT2D eigenvalue weighted by molar-refractivity contribution is 6.30. The van der Waals surface area contributed by atoms with Crippen molar-refractivity contribution >= 4 is 11.6 Å². The molecule has 3 N–H and O–H groups in total.